The Balaban J connectivity index is 2.33. The highest BCUT2D eigenvalue weighted by atomic mass is 19.3. The Bertz CT molecular complexity index is 686. The molecular formula is C17H22F2N4O2. The van der Waals surface area contributed by atoms with Gasteiger partial charge in [0.15, 0.2) is 17.6 Å². The van der Waals surface area contributed by atoms with Gasteiger partial charge in [-0.15, -0.1) is 0 Å². The van der Waals surface area contributed by atoms with Crippen molar-refractivity contribution < 1.29 is 18.3 Å². The van der Waals surface area contributed by atoms with Crippen molar-refractivity contribution in [3.63, 3.8) is 0 Å². The van der Waals surface area contributed by atoms with E-state index in [1.54, 1.807) is 37.3 Å². The second kappa shape index (κ2) is 7.66. The average molecular weight is 352 g/mol. The van der Waals surface area contributed by atoms with Crippen LogP contribution < -0.4 is 9.47 Å². The van der Waals surface area contributed by atoms with Crippen molar-refractivity contribution >= 4 is 12.0 Å². The highest BCUT2D eigenvalue weighted by Gasteiger charge is 2.45. The summed E-state index contributed by atoms with van der Waals surface area (Å²) in [5, 5.41) is 9.33. The molecule has 0 aliphatic carbocycles. The Morgan fingerprint density at radius 3 is 2.68 bits per heavy atom. The summed E-state index contributed by atoms with van der Waals surface area (Å²) in [5.74, 6) is -2.59. The van der Waals surface area contributed by atoms with Gasteiger partial charge in [-0.3, -0.25) is 0 Å². The van der Waals surface area contributed by atoms with Gasteiger partial charge in [0, 0.05) is 39.2 Å². The first-order chi connectivity index (χ1) is 11.8. The molecule has 25 heavy (non-hydrogen) atoms. The third-order valence-corrected chi connectivity index (χ3v) is 3.82. The molecular weight excluding hydrogens is 330 g/mol. The van der Waals surface area contributed by atoms with Crippen LogP contribution in [0.5, 0.6) is 11.5 Å². The molecule has 0 aromatic heterocycles. The second-order valence-corrected chi connectivity index (χ2v) is 6.23. The van der Waals surface area contributed by atoms with Crippen LogP contribution in [0.15, 0.2) is 17.1 Å². The van der Waals surface area contributed by atoms with E-state index in [0.29, 0.717) is 12.2 Å². The van der Waals surface area contributed by atoms with Gasteiger partial charge < -0.3 is 19.3 Å². The molecule has 1 fully saturated rings. The van der Waals surface area contributed by atoms with Gasteiger partial charge in [0.2, 0.25) is 0 Å². The van der Waals surface area contributed by atoms with Crippen molar-refractivity contribution in [1.29, 1.82) is 5.26 Å². The van der Waals surface area contributed by atoms with Crippen LogP contribution in [-0.4, -0.2) is 69.5 Å². The number of hydrogen-bond donors (Lipinski definition) is 0. The number of likely N-dealkylation sites (tertiary alicyclic amines) is 1. The van der Waals surface area contributed by atoms with Crippen LogP contribution >= 0.6 is 0 Å². The summed E-state index contributed by atoms with van der Waals surface area (Å²) in [6.45, 7) is 0.148. The summed E-state index contributed by atoms with van der Waals surface area (Å²) in [6.07, 6.45) is 0.469. The number of alkyl halides is 2. The predicted octanol–water partition coefficient (Wildman–Crippen LogP) is 2.51. The minimum atomic E-state index is -2.98. The average Bonchev–Trinajstić information content (AvgIpc) is 2.54. The number of rotatable bonds is 5. The summed E-state index contributed by atoms with van der Waals surface area (Å²) in [4.78, 5) is 7.49. The fraction of sp³-hybridized carbons (Fsp3) is 0.529. The molecule has 1 saturated heterocycles. The number of halogens is 2. The summed E-state index contributed by atoms with van der Waals surface area (Å²) >= 11 is 0. The standard InChI is InChI=1S/C17H22F2N4O2/c1-22(2)11-21-13-8-14(24-4)15(7-12(13)9-20)25-16-5-6-23(3)10-17(16,18)19/h7-8,11,16H,5-6,10H2,1-4H3. The smallest absolute Gasteiger partial charge is 0.296 e. The fourth-order valence-corrected chi connectivity index (χ4v) is 2.56. The molecule has 136 valence electrons. The molecule has 1 aliphatic rings. The van der Waals surface area contributed by atoms with Crippen LogP contribution in [-0.2, 0) is 0 Å². The van der Waals surface area contributed by atoms with Crippen molar-refractivity contribution in [3.8, 4) is 17.6 Å². The van der Waals surface area contributed by atoms with Crippen molar-refractivity contribution in [2.75, 3.05) is 41.3 Å². The van der Waals surface area contributed by atoms with E-state index < -0.39 is 12.0 Å². The SMILES string of the molecule is COc1cc(N=CN(C)C)c(C#N)cc1OC1CCN(C)CC1(F)F. The number of benzene rings is 1. The van der Waals surface area contributed by atoms with E-state index in [2.05, 4.69) is 4.99 Å². The molecule has 1 atom stereocenters. The maximum Gasteiger partial charge on any atom is 0.296 e. The molecule has 0 spiro atoms. The van der Waals surface area contributed by atoms with Crippen LogP contribution in [0.25, 0.3) is 0 Å². The first-order valence-corrected chi connectivity index (χ1v) is 7.82. The molecule has 8 heteroatoms. The molecule has 6 nitrogen and oxygen atoms in total. The highest BCUT2D eigenvalue weighted by molar-refractivity contribution is 5.68. The lowest BCUT2D eigenvalue weighted by Gasteiger charge is -2.36. The van der Waals surface area contributed by atoms with E-state index in [0.717, 1.165) is 0 Å². The maximum atomic E-state index is 14.2. The van der Waals surface area contributed by atoms with Crippen molar-refractivity contribution in [3.05, 3.63) is 17.7 Å². The Kier molecular flexibility index (Phi) is 5.80. The van der Waals surface area contributed by atoms with Crippen LogP contribution in [0, 0.1) is 11.3 Å². The lowest BCUT2D eigenvalue weighted by atomic mass is 10.0. The van der Waals surface area contributed by atoms with E-state index in [1.165, 1.54) is 19.2 Å². The van der Waals surface area contributed by atoms with Crippen molar-refractivity contribution in [2.24, 2.45) is 4.99 Å². The first kappa shape index (κ1) is 18.9. The molecule has 0 N–H and O–H groups in total. The largest absolute Gasteiger partial charge is 0.493 e. The topological polar surface area (TPSA) is 61.1 Å². The third kappa shape index (κ3) is 4.57. The van der Waals surface area contributed by atoms with Crippen LogP contribution in [0.4, 0.5) is 14.5 Å². The lowest BCUT2D eigenvalue weighted by Crippen LogP contribution is -2.52. The number of nitrogens with zero attached hydrogens (tertiary/aromatic N) is 4. The lowest BCUT2D eigenvalue weighted by molar-refractivity contribution is -0.135. The molecule has 0 saturated carbocycles. The maximum absolute atomic E-state index is 14.2. The summed E-state index contributed by atoms with van der Waals surface area (Å²) in [6, 6.07) is 4.93. The molecule has 1 aromatic carbocycles. The zero-order valence-electron chi connectivity index (χ0n) is 14.8. The molecule has 0 bridgehead atoms. The van der Waals surface area contributed by atoms with Crippen LogP contribution in [0.1, 0.15) is 12.0 Å². The van der Waals surface area contributed by atoms with Crippen molar-refractivity contribution in [1.82, 2.24) is 9.80 Å². The number of methoxy groups -OCH3 is 1. The molecule has 1 aromatic rings. The quantitative estimate of drug-likeness (QED) is 0.602. The Hall–Kier alpha value is -2.40. The zero-order chi connectivity index (χ0) is 18.6. The van der Waals surface area contributed by atoms with E-state index in [4.69, 9.17) is 9.47 Å². The number of nitriles is 1. The molecule has 0 amide bonds. The van der Waals surface area contributed by atoms with Gasteiger partial charge in [-0.25, -0.2) is 13.8 Å². The number of ether oxygens (including phenoxy) is 2. The van der Waals surface area contributed by atoms with E-state index in [9.17, 15) is 14.0 Å². The molecule has 2 rings (SSSR count). The minimum Gasteiger partial charge on any atom is -0.493 e. The molecule has 1 unspecified atom stereocenters. The Labute approximate surface area is 146 Å². The highest BCUT2D eigenvalue weighted by Crippen LogP contribution is 2.38. The van der Waals surface area contributed by atoms with Gasteiger partial charge >= 0.3 is 0 Å². The zero-order valence-corrected chi connectivity index (χ0v) is 14.8. The van der Waals surface area contributed by atoms with Gasteiger partial charge in [0.05, 0.1) is 31.2 Å². The summed E-state index contributed by atoms with van der Waals surface area (Å²) < 4.78 is 39.2. The number of aliphatic imine (C=N–C) groups is 1. The summed E-state index contributed by atoms with van der Waals surface area (Å²) in [5.41, 5.74) is 0.612. The van der Waals surface area contributed by atoms with Gasteiger partial charge in [0.25, 0.3) is 5.92 Å². The monoisotopic (exact) mass is 352 g/mol. The van der Waals surface area contributed by atoms with E-state index in [-0.39, 0.29) is 30.0 Å². The Morgan fingerprint density at radius 1 is 1.40 bits per heavy atom. The second-order valence-electron chi connectivity index (χ2n) is 6.23. The predicted molar refractivity (Wildman–Crippen MR) is 91.0 cm³/mol. The van der Waals surface area contributed by atoms with Crippen LogP contribution in [0.2, 0.25) is 0 Å². The normalized spacial score (nSPS) is 20.3. The van der Waals surface area contributed by atoms with E-state index >= 15 is 0 Å². The van der Waals surface area contributed by atoms with Gasteiger partial charge in [-0.1, -0.05) is 0 Å². The molecule has 1 heterocycles. The van der Waals surface area contributed by atoms with E-state index in [1.807, 2.05) is 6.07 Å². The summed E-state index contributed by atoms with van der Waals surface area (Å²) in [7, 11) is 6.66. The minimum absolute atomic E-state index is 0.122. The molecule has 0 radical (unpaired) electrons. The third-order valence-electron chi connectivity index (χ3n) is 3.82. The molecule has 1 aliphatic heterocycles. The van der Waals surface area contributed by atoms with Gasteiger partial charge in [0.1, 0.15) is 6.07 Å². The van der Waals surface area contributed by atoms with Gasteiger partial charge in [-0.2, -0.15) is 5.26 Å². The van der Waals surface area contributed by atoms with Crippen molar-refractivity contribution in [2.45, 2.75) is 18.4 Å². The Morgan fingerprint density at radius 2 is 2.12 bits per heavy atom. The van der Waals surface area contributed by atoms with Crippen LogP contribution in [0.3, 0.4) is 0 Å². The fourth-order valence-electron chi connectivity index (χ4n) is 2.56. The number of hydrogen-bond acceptors (Lipinski definition) is 5. The first-order valence-electron chi connectivity index (χ1n) is 7.82. The number of piperidine rings is 1. The van der Waals surface area contributed by atoms with Gasteiger partial charge in [-0.05, 0) is 7.05 Å².